The molecular formula is C20H38IN7O. The molecule has 1 aromatic rings. The van der Waals surface area contributed by atoms with Crippen LogP contribution in [0, 0.1) is 6.92 Å². The molecule has 166 valence electrons. The molecule has 1 aromatic heterocycles. The Morgan fingerprint density at radius 3 is 2.66 bits per heavy atom. The molecule has 2 saturated heterocycles. The highest BCUT2D eigenvalue weighted by atomic mass is 127. The number of ether oxygens (including phenoxy) is 1. The van der Waals surface area contributed by atoms with E-state index in [1.807, 2.05) is 18.5 Å². The molecule has 2 N–H and O–H groups in total. The first-order valence-electron chi connectivity index (χ1n) is 10.9. The van der Waals surface area contributed by atoms with Gasteiger partial charge in [-0.1, -0.05) is 13.3 Å². The molecule has 3 rings (SSSR count). The van der Waals surface area contributed by atoms with E-state index >= 15 is 0 Å². The van der Waals surface area contributed by atoms with Crippen LogP contribution in [0.25, 0.3) is 0 Å². The van der Waals surface area contributed by atoms with Crippen LogP contribution in [0.15, 0.2) is 4.99 Å². The maximum Gasteiger partial charge on any atom is 0.192 e. The lowest BCUT2D eigenvalue weighted by Crippen LogP contribution is -2.50. The average Bonchev–Trinajstić information content (AvgIpc) is 3.34. The average molecular weight is 519 g/mol. The van der Waals surface area contributed by atoms with Crippen molar-refractivity contribution in [3.8, 4) is 0 Å². The van der Waals surface area contributed by atoms with Gasteiger partial charge in [-0.15, -0.1) is 34.2 Å². The van der Waals surface area contributed by atoms with Crippen molar-refractivity contribution in [3.63, 3.8) is 0 Å². The van der Waals surface area contributed by atoms with E-state index in [4.69, 9.17) is 9.73 Å². The van der Waals surface area contributed by atoms with Crippen LogP contribution >= 0.6 is 24.0 Å². The minimum atomic E-state index is 0. The number of rotatable bonds is 8. The van der Waals surface area contributed by atoms with Gasteiger partial charge < -0.3 is 24.8 Å². The highest BCUT2D eigenvalue weighted by molar-refractivity contribution is 14.0. The molecule has 0 saturated carbocycles. The first-order chi connectivity index (χ1) is 13.7. The standard InChI is InChI=1S/C20H37N7O.HI/c1-4-5-10-27-11-8-17(9-12-27)23-20(21-14-18-7-6-13-28-18)22-15-19-25-24-16(2)26(19)3;/h17-18H,4-15H2,1-3H3,(H2,21,22,23);1H. The molecule has 9 heteroatoms. The Balaban J connectivity index is 0.00000300. The lowest BCUT2D eigenvalue weighted by molar-refractivity contribution is 0.113. The Hall–Kier alpha value is -0.940. The van der Waals surface area contributed by atoms with Crippen molar-refractivity contribution in [2.24, 2.45) is 12.0 Å². The first kappa shape index (κ1) is 24.3. The monoisotopic (exact) mass is 519 g/mol. The van der Waals surface area contributed by atoms with Gasteiger partial charge in [0, 0.05) is 39.3 Å². The number of unbranched alkanes of at least 4 members (excludes halogenated alkanes) is 1. The molecule has 0 aromatic carbocycles. The Kier molecular flexibility index (Phi) is 10.6. The van der Waals surface area contributed by atoms with E-state index in [1.54, 1.807) is 0 Å². The fraction of sp³-hybridized carbons (Fsp3) is 0.850. The number of halogens is 1. The summed E-state index contributed by atoms with van der Waals surface area (Å²) >= 11 is 0. The van der Waals surface area contributed by atoms with E-state index in [0.717, 1.165) is 56.4 Å². The highest BCUT2D eigenvalue weighted by Crippen LogP contribution is 2.12. The van der Waals surface area contributed by atoms with Crippen molar-refractivity contribution in [1.29, 1.82) is 0 Å². The molecule has 0 radical (unpaired) electrons. The van der Waals surface area contributed by atoms with Gasteiger partial charge in [-0.3, -0.25) is 0 Å². The van der Waals surface area contributed by atoms with Crippen molar-refractivity contribution < 1.29 is 4.74 Å². The molecule has 1 atom stereocenters. The number of hydrogen-bond donors (Lipinski definition) is 2. The van der Waals surface area contributed by atoms with E-state index in [1.165, 1.54) is 32.5 Å². The van der Waals surface area contributed by atoms with Crippen LogP contribution in [-0.2, 0) is 18.3 Å². The third-order valence-electron chi connectivity index (χ3n) is 5.84. The van der Waals surface area contributed by atoms with Gasteiger partial charge in [-0.25, -0.2) is 4.99 Å². The molecular weight excluding hydrogens is 481 g/mol. The van der Waals surface area contributed by atoms with Gasteiger partial charge in [0.1, 0.15) is 12.4 Å². The highest BCUT2D eigenvalue weighted by Gasteiger charge is 2.21. The van der Waals surface area contributed by atoms with Crippen LogP contribution in [0.3, 0.4) is 0 Å². The van der Waals surface area contributed by atoms with E-state index in [0.29, 0.717) is 18.7 Å². The molecule has 0 spiro atoms. The fourth-order valence-electron chi connectivity index (χ4n) is 3.78. The summed E-state index contributed by atoms with van der Waals surface area (Å²) in [5.74, 6) is 2.65. The summed E-state index contributed by atoms with van der Waals surface area (Å²) in [6.07, 6.45) is 7.45. The third kappa shape index (κ3) is 7.67. The SMILES string of the molecule is CCCCN1CCC(NC(=NCc2nnc(C)n2C)NCC2CCCO2)CC1.I. The second-order valence-corrected chi connectivity index (χ2v) is 8.02. The molecule has 2 fully saturated rings. The van der Waals surface area contributed by atoms with Gasteiger partial charge in [0.15, 0.2) is 11.8 Å². The molecule has 0 amide bonds. The molecule has 8 nitrogen and oxygen atoms in total. The zero-order valence-electron chi connectivity index (χ0n) is 18.2. The van der Waals surface area contributed by atoms with Gasteiger partial charge in [0.25, 0.3) is 0 Å². The van der Waals surface area contributed by atoms with Crippen molar-refractivity contribution in [1.82, 2.24) is 30.3 Å². The van der Waals surface area contributed by atoms with Gasteiger partial charge in [-0.2, -0.15) is 0 Å². The number of nitrogens with zero attached hydrogens (tertiary/aromatic N) is 5. The number of nitrogens with one attached hydrogen (secondary N) is 2. The molecule has 0 aliphatic carbocycles. The third-order valence-corrected chi connectivity index (χ3v) is 5.84. The number of piperidine rings is 1. The van der Waals surface area contributed by atoms with Crippen LogP contribution in [0.4, 0.5) is 0 Å². The number of guanidine groups is 1. The smallest absolute Gasteiger partial charge is 0.192 e. The quantitative estimate of drug-likeness (QED) is 0.312. The van der Waals surface area contributed by atoms with Crippen LogP contribution in [0.2, 0.25) is 0 Å². The maximum atomic E-state index is 5.75. The molecule has 0 bridgehead atoms. The summed E-state index contributed by atoms with van der Waals surface area (Å²) < 4.78 is 7.75. The van der Waals surface area contributed by atoms with E-state index in [-0.39, 0.29) is 24.0 Å². The Morgan fingerprint density at radius 1 is 1.24 bits per heavy atom. The Bertz CT molecular complexity index is 622. The van der Waals surface area contributed by atoms with Gasteiger partial charge >= 0.3 is 0 Å². The summed E-state index contributed by atoms with van der Waals surface area (Å²) in [5, 5.41) is 15.5. The molecule has 3 heterocycles. The second-order valence-electron chi connectivity index (χ2n) is 8.02. The van der Waals surface area contributed by atoms with Gasteiger partial charge in [-0.05, 0) is 45.6 Å². The maximum absolute atomic E-state index is 5.75. The van der Waals surface area contributed by atoms with Crippen LogP contribution in [0.5, 0.6) is 0 Å². The molecule has 1 unspecified atom stereocenters. The molecule has 2 aliphatic rings. The van der Waals surface area contributed by atoms with Crippen molar-refractivity contribution in [2.45, 2.75) is 71.1 Å². The zero-order valence-corrected chi connectivity index (χ0v) is 20.5. The number of aromatic nitrogens is 3. The fourth-order valence-corrected chi connectivity index (χ4v) is 3.78. The minimum Gasteiger partial charge on any atom is -0.376 e. The largest absolute Gasteiger partial charge is 0.376 e. The van der Waals surface area contributed by atoms with E-state index < -0.39 is 0 Å². The van der Waals surface area contributed by atoms with E-state index in [2.05, 4.69) is 32.7 Å². The summed E-state index contributed by atoms with van der Waals surface area (Å²) in [7, 11) is 1.99. The van der Waals surface area contributed by atoms with Crippen LogP contribution in [-0.4, -0.2) is 70.6 Å². The van der Waals surface area contributed by atoms with Gasteiger partial charge in [0.05, 0.1) is 6.10 Å². The number of aryl methyl sites for hydroxylation is 1. The van der Waals surface area contributed by atoms with Gasteiger partial charge in [0.2, 0.25) is 0 Å². The summed E-state index contributed by atoms with van der Waals surface area (Å²) in [5.41, 5.74) is 0. The number of hydrogen-bond acceptors (Lipinski definition) is 5. The van der Waals surface area contributed by atoms with Crippen molar-refractivity contribution >= 4 is 29.9 Å². The predicted molar refractivity (Wildman–Crippen MR) is 127 cm³/mol. The van der Waals surface area contributed by atoms with E-state index in [9.17, 15) is 0 Å². The molecule has 29 heavy (non-hydrogen) atoms. The van der Waals surface area contributed by atoms with Crippen LogP contribution in [0.1, 0.15) is 57.1 Å². The Labute approximate surface area is 192 Å². The lowest BCUT2D eigenvalue weighted by atomic mass is 10.0. The zero-order chi connectivity index (χ0) is 19.8. The minimum absolute atomic E-state index is 0. The summed E-state index contributed by atoms with van der Waals surface area (Å²) in [6, 6.07) is 0.467. The first-order valence-corrected chi connectivity index (χ1v) is 10.9. The number of likely N-dealkylation sites (tertiary alicyclic amines) is 1. The Morgan fingerprint density at radius 2 is 2.03 bits per heavy atom. The normalized spacial score (nSPS) is 21.2. The second kappa shape index (κ2) is 12.7. The topological polar surface area (TPSA) is 79.6 Å². The summed E-state index contributed by atoms with van der Waals surface area (Å²) in [6.45, 7) is 9.98. The summed E-state index contributed by atoms with van der Waals surface area (Å²) in [4.78, 5) is 7.38. The molecule has 2 aliphatic heterocycles. The van der Waals surface area contributed by atoms with Crippen molar-refractivity contribution in [3.05, 3.63) is 11.6 Å². The van der Waals surface area contributed by atoms with Crippen molar-refractivity contribution in [2.75, 3.05) is 32.8 Å². The number of aliphatic imine (C=N–C) groups is 1. The van der Waals surface area contributed by atoms with Crippen LogP contribution < -0.4 is 10.6 Å². The predicted octanol–water partition coefficient (Wildman–Crippen LogP) is 2.22. The lowest BCUT2D eigenvalue weighted by Gasteiger charge is -2.33.